The highest BCUT2D eigenvalue weighted by Gasteiger charge is 2.31. The fourth-order valence-electron chi connectivity index (χ4n) is 3.33. The van der Waals surface area contributed by atoms with Crippen LogP contribution < -0.4 is 10.6 Å². The average molecular weight is 443 g/mol. The third-order valence-corrected chi connectivity index (χ3v) is 5.22. The zero-order valence-corrected chi connectivity index (χ0v) is 19.7. The fourth-order valence-corrected chi connectivity index (χ4v) is 3.33. The molecule has 1 unspecified atom stereocenters. The second kappa shape index (κ2) is 11.0. The Balaban J connectivity index is 2.19. The van der Waals surface area contributed by atoms with Gasteiger partial charge in [0.25, 0.3) is 0 Å². The number of nitrogens with one attached hydrogen (secondary N) is 2. The molecule has 2 N–H and O–H groups in total. The summed E-state index contributed by atoms with van der Waals surface area (Å²) in [5.74, 6) is -1.17. The molecule has 32 heavy (non-hydrogen) atoms. The zero-order chi connectivity index (χ0) is 23.9. The third-order valence-electron chi connectivity index (χ3n) is 5.22. The van der Waals surface area contributed by atoms with Crippen molar-refractivity contribution >= 4 is 28.7 Å². The van der Waals surface area contributed by atoms with Crippen LogP contribution in [0.2, 0.25) is 0 Å². The maximum atomic E-state index is 13.1. The van der Waals surface area contributed by atoms with E-state index in [1.165, 1.54) is 7.11 Å². The lowest BCUT2D eigenvalue weighted by molar-refractivity contribution is -0.145. The van der Waals surface area contributed by atoms with E-state index in [9.17, 15) is 14.4 Å². The summed E-state index contributed by atoms with van der Waals surface area (Å²) in [6, 6.07) is 12.1. The largest absolute Gasteiger partial charge is 0.467 e. The van der Waals surface area contributed by atoms with Crippen LogP contribution in [-0.2, 0) is 25.5 Å². The number of carbonyl (C=O) groups is 3. The van der Waals surface area contributed by atoms with Gasteiger partial charge in [0.05, 0.1) is 7.11 Å². The molecule has 7 nitrogen and oxygen atoms in total. The third kappa shape index (κ3) is 7.25. The minimum absolute atomic E-state index is 0.165. The lowest BCUT2D eigenvalue weighted by Crippen LogP contribution is -2.55. The van der Waals surface area contributed by atoms with E-state index in [1.54, 1.807) is 20.8 Å². The lowest BCUT2D eigenvalue weighted by Gasteiger charge is -2.27. The molecule has 2 amide bonds. The Bertz CT molecular complexity index is 951. The highest BCUT2D eigenvalue weighted by molar-refractivity contribution is 5.90. The number of carbonyl (C=O) groups excluding carboxylic acids is 3. The van der Waals surface area contributed by atoms with E-state index >= 15 is 0 Å². The molecule has 0 aliphatic heterocycles. The van der Waals surface area contributed by atoms with Gasteiger partial charge >= 0.3 is 12.1 Å². The van der Waals surface area contributed by atoms with Crippen LogP contribution in [0.3, 0.4) is 0 Å². The first-order chi connectivity index (χ1) is 15.0. The predicted octanol–water partition coefficient (Wildman–Crippen LogP) is 3.98. The number of ether oxygens (including phenoxy) is 2. The van der Waals surface area contributed by atoms with E-state index in [0.29, 0.717) is 6.42 Å². The molecule has 0 radical (unpaired) electrons. The van der Waals surface area contributed by atoms with Crippen LogP contribution in [0.25, 0.3) is 10.8 Å². The summed E-state index contributed by atoms with van der Waals surface area (Å²) in [5.41, 5.74) is 0.199. The van der Waals surface area contributed by atoms with Crippen molar-refractivity contribution in [1.82, 2.24) is 10.6 Å². The van der Waals surface area contributed by atoms with Crippen molar-refractivity contribution in [3.8, 4) is 0 Å². The smallest absolute Gasteiger partial charge is 0.408 e. The number of amides is 2. The van der Waals surface area contributed by atoms with Gasteiger partial charge in [-0.2, -0.15) is 0 Å². The predicted molar refractivity (Wildman–Crippen MR) is 124 cm³/mol. The lowest BCUT2D eigenvalue weighted by atomic mass is 9.97. The fraction of sp³-hybridized carbons (Fsp3) is 0.480. The summed E-state index contributed by atoms with van der Waals surface area (Å²) < 4.78 is 10.2. The van der Waals surface area contributed by atoms with Gasteiger partial charge in [0, 0.05) is 6.42 Å². The monoisotopic (exact) mass is 442 g/mol. The summed E-state index contributed by atoms with van der Waals surface area (Å²) in [7, 11) is 1.28. The van der Waals surface area contributed by atoms with Gasteiger partial charge < -0.3 is 20.1 Å². The average Bonchev–Trinajstić information content (AvgIpc) is 2.74. The van der Waals surface area contributed by atoms with Crippen LogP contribution in [0.1, 0.15) is 46.6 Å². The van der Waals surface area contributed by atoms with Gasteiger partial charge in [0.1, 0.15) is 17.7 Å². The Hall–Kier alpha value is -3.09. The molecule has 0 fully saturated rings. The SMILES string of the molecule is CCC(C)[C@H](NC(=O)OC(C)(C)C)C(=O)N[C@@H](Cc1ccc2ccccc2c1)C(=O)OC. The van der Waals surface area contributed by atoms with E-state index < -0.39 is 35.7 Å². The molecule has 0 aliphatic rings. The number of hydrogen-bond donors (Lipinski definition) is 2. The van der Waals surface area contributed by atoms with Gasteiger partial charge in [-0.25, -0.2) is 9.59 Å². The first-order valence-corrected chi connectivity index (χ1v) is 10.9. The van der Waals surface area contributed by atoms with Crippen LogP contribution in [0.5, 0.6) is 0 Å². The number of methoxy groups -OCH3 is 1. The minimum Gasteiger partial charge on any atom is -0.467 e. The van der Waals surface area contributed by atoms with Gasteiger partial charge in [-0.3, -0.25) is 4.79 Å². The molecule has 2 aromatic carbocycles. The van der Waals surface area contributed by atoms with Crippen LogP contribution >= 0.6 is 0 Å². The van der Waals surface area contributed by atoms with Gasteiger partial charge in [0.2, 0.25) is 5.91 Å². The van der Waals surface area contributed by atoms with Crippen molar-refractivity contribution in [2.45, 2.75) is 65.1 Å². The van der Waals surface area contributed by atoms with E-state index in [4.69, 9.17) is 9.47 Å². The molecule has 0 aliphatic carbocycles. The molecule has 0 bridgehead atoms. The standard InChI is InChI=1S/C25H34N2O5/c1-7-16(2)21(27-24(30)32-25(3,4)5)22(28)26-20(23(29)31-6)15-17-12-13-18-10-8-9-11-19(18)14-17/h8-14,16,20-21H,7,15H2,1-6H3,(H,26,28)(H,27,30)/t16?,20-,21-/m0/s1. The number of benzene rings is 2. The highest BCUT2D eigenvalue weighted by atomic mass is 16.6. The summed E-state index contributed by atoms with van der Waals surface area (Å²) >= 11 is 0. The van der Waals surface area contributed by atoms with Gasteiger partial charge in [-0.05, 0) is 43.0 Å². The minimum atomic E-state index is -0.888. The normalized spacial score (nSPS) is 14.2. The Morgan fingerprint density at radius 2 is 1.66 bits per heavy atom. The maximum absolute atomic E-state index is 13.1. The molecule has 0 heterocycles. The molecule has 0 aromatic heterocycles. The highest BCUT2D eigenvalue weighted by Crippen LogP contribution is 2.17. The Morgan fingerprint density at radius 3 is 2.25 bits per heavy atom. The van der Waals surface area contributed by atoms with E-state index in [1.807, 2.05) is 56.3 Å². The number of fused-ring (bicyclic) bond motifs is 1. The number of rotatable bonds is 8. The second-order valence-electron chi connectivity index (χ2n) is 8.98. The Kier molecular flexibility index (Phi) is 8.63. The summed E-state index contributed by atoms with van der Waals surface area (Å²) in [5, 5.41) is 7.55. The molecular weight excluding hydrogens is 408 g/mol. The molecule has 0 saturated carbocycles. The molecule has 2 rings (SSSR count). The summed E-state index contributed by atoms with van der Waals surface area (Å²) in [6.07, 6.45) is 0.242. The van der Waals surface area contributed by atoms with Crippen LogP contribution in [0, 0.1) is 5.92 Å². The molecular formula is C25H34N2O5. The van der Waals surface area contributed by atoms with E-state index in [0.717, 1.165) is 16.3 Å². The Labute approximate surface area is 189 Å². The van der Waals surface area contributed by atoms with Gasteiger partial charge in [-0.1, -0.05) is 62.7 Å². The molecule has 0 saturated heterocycles. The van der Waals surface area contributed by atoms with Crippen molar-refractivity contribution < 1.29 is 23.9 Å². The summed E-state index contributed by atoms with van der Waals surface area (Å²) in [4.78, 5) is 37.8. The van der Waals surface area contributed by atoms with Crippen molar-refractivity contribution in [3.63, 3.8) is 0 Å². The first-order valence-electron chi connectivity index (χ1n) is 10.9. The van der Waals surface area contributed by atoms with Crippen molar-refractivity contribution in [1.29, 1.82) is 0 Å². The van der Waals surface area contributed by atoms with Crippen molar-refractivity contribution in [3.05, 3.63) is 48.0 Å². The topological polar surface area (TPSA) is 93.7 Å². The van der Waals surface area contributed by atoms with Crippen LogP contribution in [0.15, 0.2) is 42.5 Å². The molecule has 7 heteroatoms. The molecule has 3 atom stereocenters. The number of hydrogen-bond acceptors (Lipinski definition) is 5. The summed E-state index contributed by atoms with van der Waals surface area (Å²) in [6.45, 7) is 9.04. The van der Waals surface area contributed by atoms with Gasteiger partial charge in [0.15, 0.2) is 0 Å². The van der Waals surface area contributed by atoms with Crippen molar-refractivity contribution in [2.24, 2.45) is 5.92 Å². The molecule has 174 valence electrons. The Morgan fingerprint density at radius 1 is 1.00 bits per heavy atom. The first kappa shape index (κ1) is 25.2. The van der Waals surface area contributed by atoms with E-state index in [2.05, 4.69) is 10.6 Å². The second-order valence-corrected chi connectivity index (χ2v) is 8.98. The van der Waals surface area contributed by atoms with Crippen LogP contribution in [-0.4, -0.2) is 42.8 Å². The number of esters is 1. The van der Waals surface area contributed by atoms with E-state index in [-0.39, 0.29) is 12.3 Å². The molecule has 0 spiro atoms. The van der Waals surface area contributed by atoms with Crippen molar-refractivity contribution in [2.75, 3.05) is 7.11 Å². The number of alkyl carbamates (subject to hydrolysis) is 1. The quantitative estimate of drug-likeness (QED) is 0.603. The molecule has 2 aromatic rings. The van der Waals surface area contributed by atoms with Crippen LogP contribution in [0.4, 0.5) is 4.79 Å². The zero-order valence-electron chi connectivity index (χ0n) is 19.7. The maximum Gasteiger partial charge on any atom is 0.408 e. The van der Waals surface area contributed by atoms with Gasteiger partial charge in [-0.15, -0.1) is 0 Å².